The van der Waals surface area contributed by atoms with Gasteiger partial charge in [-0.3, -0.25) is 0 Å². The van der Waals surface area contributed by atoms with Crippen molar-refractivity contribution in [2.75, 3.05) is 13.6 Å². The van der Waals surface area contributed by atoms with E-state index in [-0.39, 0.29) is 0 Å². The van der Waals surface area contributed by atoms with Gasteiger partial charge in [-0.15, -0.1) is 0 Å². The molecule has 0 aromatic rings. The molecule has 0 bridgehead atoms. The molecule has 0 aromatic carbocycles. The molecule has 0 heterocycles. The quantitative estimate of drug-likeness (QED) is 0.591. The van der Waals surface area contributed by atoms with Gasteiger partial charge >= 0.3 is 0 Å². The van der Waals surface area contributed by atoms with E-state index >= 15 is 0 Å². The van der Waals surface area contributed by atoms with Crippen molar-refractivity contribution >= 4 is 0 Å². The highest BCUT2D eigenvalue weighted by Gasteiger charge is 2.05. The second-order valence-electron chi connectivity index (χ2n) is 4.46. The predicted octanol–water partition coefficient (Wildman–Crippen LogP) is 3.07. The van der Waals surface area contributed by atoms with Gasteiger partial charge < -0.3 is 11.1 Å². The zero-order valence-corrected chi connectivity index (χ0v) is 11.1. The average molecular weight is 224 g/mol. The molecule has 0 saturated heterocycles. The molecule has 16 heavy (non-hydrogen) atoms. The maximum Gasteiger partial charge on any atom is 0.0132 e. The van der Waals surface area contributed by atoms with E-state index in [0.717, 1.165) is 31.0 Å². The van der Waals surface area contributed by atoms with E-state index in [2.05, 4.69) is 37.9 Å². The molecule has 0 aromatic heterocycles. The first-order valence-electron chi connectivity index (χ1n) is 6.38. The molecule has 2 nitrogen and oxygen atoms in total. The van der Waals surface area contributed by atoms with E-state index in [9.17, 15) is 0 Å². The van der Waals surface area contributed by atoms with Gasteiger partial charge in [0, 0.05) is 18.7 Å². The fraction of sp³-hybridized carbons (Fsp3) is 0.714. The Balaban J connectivity index is 3.98. The Morgan fingerprint density at radius 1 is 1.44 bits per heavy atom. The summed E-state index contributed by atoms with van der Waals surface area (Å²) in [5.41, 5.74) is 6.68. The highest BCUT2D eigenvalue weighted by Crippen LogP contribution is 2.16. The van der Waals surface area contributed by atoms with Crippen molar-refractivity contribution < 1.29 is 0 Å². The Hall–Kier alpha value is -0.760. The van der Waals surface area contributed by atoms with E-state index in [1.807, 2.05) is 7.05 Å². The third-order valence-electron chi connectivity index (χ3n) is 3.04. The summed E-state index contributed by atoms with van der Waals surface area (Å²) < 4.78 is 0. The summed E-state index contributed by atoms with van der Waals surface area (Å²) in [4.78, 5) is 0. The minimum atomic E-state index is 0.408. The van der Waals surface area contributed by atoms with Gasteiger partial charge in [0.05, 0.1) is 0 Å². The van der Waals surface area contributed by atoms with Crippen LogP contribution in [0.15, 0.2) is 24.4 Å². The van der Waals surface area contributed by atoms with Crippen LogP contribution in [0.1, 0.15) is 39.5 Å². The summed E-state index contributed by atoms with van der Waals surface area (Å²) >= 11 is 0. The maximum atomic E-state index is 5.61. The topological polar surface area (TPSA) is 38.0 Å². The first kappa shape index (κ1) is 15.2. The van der Waals surface area contributed by atoms with Gasteiger partial charge in [0.15, 0.2) is 0 Å². The van der Waals surface area contributed by atoms with E-state index in [4.69, 9.17) is 5.73 Å². The van der Waals surface area contributed by atoms with Crippen LogP contribution in [0.5, 0.6) is 0 Å². The summed E-state index contributed by atoms with van der Waals surface area (Å²) in [7, 11) is 1.92. The van der Waals surface area contributed by atoms with Crippen LogP contribution in [0.3, 0.4) is 0 Å². The number of allylic oxidation sites excluding steroid dienone is 2. The van der Waals surface area contributed by atoms with E-state index in [1.54, 1.807) is 0 Å². The molecule has 0 aliphatic carbocycles. The zero-order valence-electron chi connectivity index (χ0n) is 11.1. The molecule has 0 aliphatic heterocycles. The second kappa shape index (κ2) is 9.46. The normalized spacial score (nSPS) is 15.0. The monoisotopic (exact) mass is 224 g/mol. The third kappa shape index (κ3) is 6.67. The Bertz CT molecular complexity index is 203. The average Bonchev–Trinajstić information content (AvgIpc) is 2.28. The standard InChI is InChI=1S/C14H28N2/c1-5-7-14(10-11-15)9-6-8-12(2)13(3)16-4/h6,8,12,14,16H,3,5,7,9-11,15H2,1-2,4H3/b8-6-. The smallest absolute Gasteiger partial charge is 0.0132 e. The lowest BCUT2D eigenvalue weighted by Gasteiger charge is -2.13. The maximum absolute atomic E-state index is 5.61. The molecule has 0 aliphatic rings. The molecule has 2 atom stereocenters. The lowest BCUT2D eigenvalue weighted by atomic mass is 9.95. The fourth-order valence-corrected chi connectivity index (χ4v) is 1.84. The number of rotatable bonds is 9. The predicted molar refractivity (Wildman–Crippen MR) is 73.2 cm³/mol. The SMILES string of the molecule is C=C(NC)C(C)/C=C\CC(CCC)CCN. The molecule has 2 unspecified atom stereocenters. The minimum absolute atomic E-state index is 0.408. The molecule has 0 radical (unpaired) electrons. The summed E-state index contributed by atoms with van der Waals surface area (Å²) in [5.74, 6) is 1.16. The van der Waals surface area contributed by atoms with Gasteiger partial charge in [-0.2, -0.15) is 0 Å². The van der Waals surface area contributed by atoms with Crippen molar-refractivity contribution in [2.45, 2.75) is 39.5 Å². The van der Waals surface area contributed by atoms with Crippen LogP contribution in [0, 0.1) is 11.8 Å². The molecule has 0 saturated carbocycles. The van der Waals surface area contributed by atoms with E-state index in [1.165, 1.54) is 12.8 Å². The fourth-order valence-electron chi connectivity index (χ4n) is 1.84. The molecule has 0 rings (SSSR count). The molecule has 3 N–H and O–H groups in total. The molecule has 0 fully saturated rings. The Labute approximate surface area is 101 Å². The minimum Gasteiger partial charge on any atom is -0.391 e. The van der Waals surface area contributed by atoms with Crippen LogP contribution in [0.25, 0.3) is 0 Å². The lowest BCUT2D eigenvalue weighted by molar-refractivity contribution is 0.456. The highest BCUT2D eigenvalue weighted by atomic mass is 14.8. The molecule has 0 amide bonds. The van der Waals surface area contributed by atoms with Crippen molar-refractivity contribution in [1.29, 1.82) is 0 Å². The highest BCUT2D eigenvalue weighted by molar-refractivity contribution is 5.05. The molecule has 2 heteroatoms. The summed E-state index contributed by atoms with van der Waals surface area (Å²) in [6, 6.07) is 0. The van der Waals surface area contributed by atoms with Gasteiger partial charge in [0.1, 0.15) is 0 Å². The zero-order chi connectivity index (χ0) is 12.4. The Kier molecular flexibility index (Phi) is 9.02. The second-order valence-corrected chi connectivity index (χ2v) is 4.46. The van der Waals surface area contributed by atoms with Crippen molar-refractivity contribution in [3.8, 4) is 0 Å². The number of nitrogens with one attached hydrogen (secondary N) is 1. The number of hydrogen-bond acceptors (Lipinski definition) is 2. The largest absolute Gasteiger partial charge is 0.391 e. The van der Waals surface area contributed by atoms with Gasteiger partial charge in [0.2, 0.25) is 0 Å². The van der Waals surface area contributed by atoms with Gasteiger partial charge in [0.25, 0.3) is 0 Å². The van der Waals surface area contributed by atoms with Crippen molar-refractivity contribution in [1.82, 2.24) is 5.32 Å². The summed E-state index contributed by atoms with van der Waals surface area (Å²) in [6.45, 7) is 9.16. The van der Waals surface area contributed by atoms with Crippen molar-refractivity contribution in [3.05, 3.63) is 24.4 Å². The van der Waals surface area contributed by atoms with Gasteiger partial charge in [-0.1, -0.05) is 45.4 Å². The lowest BCUT2D eigenvalue weighted by Crippen LogP contribution is -2.11. The number of hydrogen-bond donors (Lipinski definition) is 2. The van der Waals surface area contributed by atoms with Crippen LogP contribution >= 0.6 is 0 Å². The molecular formula is C14H28N2. The van der Waals surface area contributed by atoms with E-state index < -0.39 is 0 Å². The Morgan fingerprint density at radius 2 is 2.12 bits per heavy atom. The van der Waals surface area contributed by atoms with Crippen LogP contribution in [0.2, 0.25) is 0 Å². The van der Waals surface area contributed by atoms with Crippen LogP contribution in [0.4, 0.5) is 0 Å². The molecule has 94 valence electrons. The molecule has 0 spiro atoms. The van der Waals surface area contributed by atoms with Crippen molar-refractivity contribution in [3.63, 3.8) is 0 Å². The summed E-state index contributed by atoms with van der Waals surface area (Å²) in [5, 5.41) is 3.09. The van der Waals surface area contributed by atoms with Crippen LogP contribution in [-0.2, 0) is 0 Å². The molecular weight excluding hydrogens is 196 g/mol. The van der Waals surface area contributed by atoms with Gasteiger partial charge in [-0.05, 0) is 25.3 Å². The van der Waals surface area contributed by atoms with Crippen LogP contribution < -0.4 is 11.1 Å². The Morgan fingerprint density at radius 3 is 2.62 bits per heavy atom. The first-order chi connectivity index (χ1) is 7.65. The van der Waals surface area contributed by atoms with E-state index in [0.29, 0.717) is 5.92 Å². The third-order valence-corrected chi connectivity index (χ3v) is 3.04. The number of nitrogens with two attached hydrogens (primary N) is 1. The summed E-state index contributed by atoms with van der Waals surface area (Å²) in [6.07, 6.45) is 9.33. The van der Waals surface area contributed by atoms with Crippen LogP contribution in [-0.4, -0.2) is 13.6 Å². The van der Waals surface area contributed by atoms with Gasteiger partial charge in [-0.25, -0.2) is 0 Å². The van der Waals surface area contributed by atoms with Crippen molar-refractivity contribution in [2.24, 2.45) is 17.6 Å². The first-order valence-corrected chi connectivity index (χ1v) is 6.38.